The lowest BCUT2D eigenvalue weighted by molar-refractivity contribution is -0.384. The fourth-order valence-electron chi connectivity index (χ4n) is 2.05. The van der Waals surface area contributed by atoms with E-state index in [-0.39, 0.29) is 16.8 Å². The van der Waals surface area contributed by atoms with Crippen molar-refractivity contribution in [1.29, 1.82) is 0 Å². The van der Waals surface area contributed by atoms with Crippen molar-refractivity contribution in [2.24, 2.45) is 0 Å². The van der Waals surface area contributed by atoms with Crippen LogP contribution in [-0.4, -0.2) is 29.5 Å². The van der Waals surface area contributed by atoms with Crippen molar-refractivity contribution in [1.82, 2.24) is 10.2 Å². The Balaban J connectivity index is 2.18. The fourth-order valence-corrected chi connectivity index (χ4v) is 2.05. The van der Waals surface area contributed by atoms with Crippen LogP contribution in [0.2, 0.25) is 0 Å². The average Bonchev–Trinajstić information content (AvgIpc) is 2.77. The molecule has 0 aromatic heterocycles. The molecule has 0 bridgehead atoms. The van der Waals surface area contributed by atoms with Gasteiger partial charge in [0.05, 0.1) is 11.1 Å². The minimum Gasteiger partial charge on any atom is -0.297 e. The molecular formula is C11H15N3O2. The Kier molecular flexibility index (Phi) is 3.17. The molecule has 0 aliphatic carbocycles. The van der Waals surface area contributed by atoms with E-state index < -0.39 is 0 Å². The molecule has 1 aromatic carbocycles. The van der Waals surface area contributed by atoms with E-state index in [0.29, 0.717) is 0 Å². The summed E-state index contributed by atoms with van der Waals surface area (Å²) in [4.78, 5) is 12.5. The number of hydrogen-bond donors (Lipinski definition) is 1. The Bertz CT molecular complexity index is 377. The van der Waals surface area contributed by atoms with Crippen LogP contribution in [0.4, 0.5) is 5.69 Å². The first-order valence-corrected chi connectivity index (χ1v) is 5.44. The van der Waals surface area contributed by atoms with Crippen molar-refractivity contribution in [3.8, 4) is 0 Å². The van der Waals surface area contributed by atoms with Gasteiger partial charge in [-0.05, 0) is 24.2 Å². The van der Waals surface area contributed by atoms with Gasteiger partial charge in [-0.3, -0.25) is 20.3 Å². The maximum atomic E-state index is 10.5. The van der Waals surface area contributed by atoms with Crippen molar-refractivity contribution in [3.05, 3.63) is 39.9 Å². The summed E-state index contributed by atoms with van der Waals surface area (Å²) in [5.41, 5.74) is 1.23. The van der Waals surface area contributed by atoms with Crippen molar-refractivity contribution < 1.29 is 4.92 Å². The predicted octanol–water partition coefficient (Wildman–Crippen LogP) is 1.52. The molecule has 1 unspecified atom stereocenters. The molecule has 5 heteroatoms. The third-order valence-electron chi connectivity index (χ3n) is 2.93. The average molecular weight is 221 g/mol. The van der Waals surface area contributed by atoms with Crippen LogP contribution in [0.3, 0.4) is 0 Å². The first-order valence-electron chi connectivity index (χ1n) is 5.44. The lowest BCUT2D eigenvalue weighted by Crippen LogP contribution is -2.27. The minimum atomic E-state index is -0.372. The molecule has 0 amide bonds. The van der Waals surface area contributed by atoms with E-state index in [0.717, 1.165) is 25.2 Å². The Morgan fingerprint density at radius 2 is 2.19 bits per heavy atom. The normalized spacial score (nSPS) is 21.2. The number of hydrogen-bond acceptors (Lipinski definition) is 4. The molecule has 2 rings (SSSR count). The van der Waals surface area contributed by atoms with Gasteiger partial charge in [0.1, 0.15) is 0 Å². The topological polar surface area (TPSA) is 58.4 Å². The van der Waals surface area contributed by atoms with Gasteiger partial charge in [0.25, 0.3) is 5.69 Å². The Morgan fingerprint density at radius 3 is 2.75 bits per heavy atom. The third-order valence-corrected chi connectivity index (χ3v) is 2.93. The van der Waals surface area contributed by atoms with E-state index in [2.05, 4.69) is 17.1 Å². The quantitative estimate of drug-likeness (QED) is 0.621. The van der Waals surface area contributed by atoms with Crippen molar-refractivity contribution in [2.75, 3.05) is 19.6 Å². The highest BCUT2D eigenvalue weighted by atomic mass is 16.6. The summed E-state index contributed by atoms with van der Waals surface area (Å²) in [7, 11) is 0. The molecule has 1 atom stereocenters. The van der Waals surface area contributed by atoms with Crippen LogP contribution in [-0.2, 0) is 0 Å². The zero-order valence-corrected chi connectivity index (χ0v) is 9.22. The molecule has 86 valence electrons. The second-order valence-corrected chi connectivity index (χ2v) is 3.83. The van der Waals surface area contributed by atoms with Gasteiger partial charge < -0.3 is 0 Å². The highest BCUT2D eigenvalue weighted by Gasteiger charge is 2.23. The van der Waals surface area contributed by atoms with Gasteiger partial charge in [0.2, 0.25) is 0 Å². The molecule has 0 radical (unpaired) electrons. The van der Waals surface area contributed by atoms with Crippen LogP contribution in [0.1, 0.15) is 18.7 Å². The number of benzene rings is 1. The molecule has 0 spiro atoms. The smallest absolute Gasteiger partial charge is 0.269 e. The van der Waals surface area contributed by atoms with Crippen molar-refractivity contribution in [3.63, 3.8) is 0 Å². The minimum absolute atomic E-state index is 0.143. The molecule has 1 aliphatic heterocycles. The van der Waals surface area contributed by atoms with Crippen LogP contribution in [0.25, 0.3) is 0 Å². The standard InChI is InChI=1S/C11H15N3O2/c1-2-13-8-7-12-11(13)9-3-5-10(6-4-9)14(15)16/h3-6,11-12H,2,7-8H2,1H3. The summed E-state index contributed by atoms with van der Waals surface area (Å²) in [6.07, 6.45) is 0.200. The predicted molar refractivity (Wildman–Crippen MR) is 61.1 cm³/mol. The van der Waals surface area contributed by atoms with Gasteiger partial charge in [-0.15, -0.1) is 0 Å². The number of likely N-dealkylation sites (N-methyl/N-ethyl adjacent to an activating group) is 1. The maximum Gasteiger partial charge on any atom is 0.269 e. The van der Waals surface area contributed by atoms with E-state index >= 15 is 0 Å². The molecular weight excluding hydrogens is 206 g/mol. The van der Waals surface area contributed by atoms with Gasteiger partial charge in [0, 0.05) is 25.2 Å². The molecule has 1 aromatic rings. The molecule has 5 nitrogen and oxygen atoms in total. The van der Waals surface area contributed by atoms with Crippen LogP contribution < -0.4 is 5.32 Å². The highest BCUT2D eigenvalue weighted by Crippen LogP contribution is 2.23. The number of non-ortho nitro benzene ring substituents is 1. The lowest BCUT2D eigenvalue weighted by Gasteiger charge is -2.22. The van der Waals surface area contributed by atoms with E-state index in [9.17, 15) is 10.1 Å². The van der Waals surface area contributed by atoms with Gasteiger partial charge in [-0.25, -0.2) is 0 Å². The lowest BCUT2D eigenvalue weighted by atomic mass is 10.1. The number of nitro groups is 1. The zero-order valence-electron chi connectivity index (χ0n) is 9.22. The molecule has 1 heterocycles. The van der Waals surface area contributed by atoms with Gasteiger partial charge in [-0.1, -0.05) is 6.92 Å². The molecule has 1 aliphatic rings. The Hall–Kier alpha value is -1.46. The second kappa shape index (κ2) is 4.59. The SMILES string of the molecule is CCN1CCNC1c1ccc([N+](=O)[O-])cc1. The second-order valence-electron chi connectivity index (χ2n) is 3.83. The van der Waals surface area contributed by atoms with Crippen molar-refractivity contribution >= 4 is 5.69 Å². The van der Waals surface area contributed by atoms with Crippen LogP contribution >= 0.6 is 0 Å². The van der Waals surface area contributed by atoms with Crippen LogP contribution in [0.15, 0.2) is 24.3 Å². The molecule has 0 saturated carbocycles. The monoisotopic (exact) mass is 221 g/mol. The third kappa shape index (κ3) is 2.05. The summed E-state index contributed by atoms with van der Waals surface area (Å²) in [5, 5.41) is 13.9. The first-order chi connectivity index (χ1) is 7.72. The van der Waals surface area contributed by atoms with E-state index in [4.69, 9.17) is 0 Å². The molecule has 1 N–H and O–H groups in total. The molecule has 1 fully saturated rings. The summed E-state index contributed by atoms with van der Waals surface area (Å²) in [6.45, 7) is 5.09. The van der Waals surface area contributed by atoms with E-state index in [1.807, 2.05) is 12.1 Å². The first kappa shape index (κ1) is 11.0. The number of nitrogens with zero attached hydrogens (tertiary/aromatic N) is 2. The summed E-state index contributed by atoms with van der Waals surface area (Å²) in [6, 6.07) is 6.76. The number of rotatable bonds is 3. The fraction of sp³-hybridized carbons (Fsp3) is 0.455. The zero-order chi connectivity index (χ0) is 11.5. The van der Waals surface area contributed by atoms with Crippen LogP contribution in [0, 0.1) is 10.1 Å². The van der Waals surface area contributed by atoms with Gasteiger partial charge in [0.15, 0.2) is 0 Å². The summed E-state index contributed by atoms with van der Waals surface area (Å²) < 4.78 is 0. The van der Waals surface area contributed by atoms with Gasteiger partial charge >= 0.3 is 0 Å². The Morgan fingerprint density at radius 1 is 1.50 bits per heavy atom. The highest BCUT2D eigenvalue weighted by molar-refractivity contribution is 5.34. The van der Waals surface area contributed by atoms with E-state index in [1.165, 1.54) is 0 Å². The van der Waals surface area contributed by atoms with E-state index in [1.54, 1.807) is 12.1 Å². The van der Waals surface area contributed by atoms with Crippen LogP contribution in [0.5, 0.6) is 0 Å². The summed E-state index contributed by atoms with van der Waals surface area (Å²) in [5.74, 6) is 0. The molecule has 1 saturated heterocycles. The number of nitrogens with one attached hydrogen (secondary N) is 1. The molecule has 16 heavy (non-hydrogen) atoms. The summed E-state index contributed by atoms with van der Waals surface area (Å²) >= 11 is 0. The maximum absolute atomic E-state index is 10.5. The van der Waals surface area contributed by atoms with Gasteiger partial charge in [-0.2, -0.15) is 0 Å². The Labute approximate surface area is 94.2 Å². The van der Waals surface area contributed by atoms with Crippen molar-refractivity contribution in [2.45, 2.75) is 13.1 Å². The largest absolute Gasteiger partial charge is 0.297 e. The number of nitro benzene ring substituents is 1.